The number of fused-ring (bicyclic) bond motifs is 1. The molecule has 0 fully saturated rings. The van der Waals surface area contributed by atoms with Gasteiger partial charge in [-0.3, -0.25) is 10.1 Å². The van der Waals surface area contributed by atoms with Crippen LogP contribution >= 0.6 is 11.3 Å². The topological polar surface area (TPSA) is 97.4 Å². The molecule has 0 aliphatic heterocycles. The van der Waals surface area contributed by atoms with E-state index >= 15 is 0 Å². The van der Waals surface area contributed by atoms with Gasteiger partial charge < -0.3 is 10.1 Å². The number of carbonyl (C=O) groups excluding carboxylic acids is 3. The maximum atomic E-state index is 11.8. The number of para-hydroxylation sites is 1. The summed E-state index contributed by atoms with van der Waals surface area (Å²) in [6.07, 6.45) is 1.64. The molecular weight excluding hydrogens is 342 g/mol. The summed E-state index contributed by atoms with van der Waals surface area (Å²) in [5.41, 5.74) is 0.851. The molecule has 2 rings (SSSR count). The quantitative estimate of drug-likeness (QED) is 0.630. The van der Waals surface area contributed by atoms with Gasteiger partial charge in [0.15, 0.2) is 6.10 Å². The van der Waals surface area contributed by atoms with Gasteiger partial charge in [0.05, 0.1) is 10.2 Å². The maximum absolute atomic E-state index is 11.8. The monoisotopic (exact) mass is 361 g/mol. The van der Waals surface area contributed by atoms with E-state index in [0.717, 1.165) is 10.2 Å². The van der Waals surface area contributed by atoms with E-state index in [1.54, 1.807) is 13.8 Å². The Hall–Kier alpha value is -2.74. The maximum Gasteiger partial charge on any atom is 0.331 e. The lowest BCUT2D eigenvalue weighted by atomic mass is 10.3. The molecule has 0 unspecified atom stereocenters. The summed E-state index contributed by atoms with van der Waals surface area (Å²) in [6, 6.07) is 6.89. The van der Waals surface area contributed by atoms with Gasteiger partial charge in [0.25, 0.3) is 5.91 Å². The van der Waals surface area contributed by atoms with Gasteiger partial charge in [-0.15, -0.1) is 11.3 Å². The van der Waals surface area contributed by atoms with Crippen molar-refractivity contribution in [2.75, 3.05) is 0 Å². The standard InChI is InChI=1S/C17H19N3O4S/c1-10(2)18-17(23)20-16(22)11(3)24-15(21)9-8-14-19-12-6-4-5-7-13(12)25-14/h4-11H,1-3H3,(H2,18,20,22,23)/b9-8+/t11-/m0/s1. The largest absolute Gasteiger partial charge is 0.449 e. The first kappa shape index (κ1) is 18.6. The summed E-state index contributed by atoms with van der Waals surface area (Å²) < 4.78 is 5.99. The Morgan fingerprint density at radius 2 is 1.92 bits per heavy atom. The van der Waals surface area contributed by atoms with Crippen LogP contribution in [0.25, 0.3) is 16.3 Å². The Bertz CT molecular complexity index is 780. The van der Waals surface area contributed by atoms with Gasteiger partial charge in [-0.1, -0.05) is 12.1 Å². The van der Waals surface area contributed by atoms with Crippen molar-refractivity contribution < 1.29 is 19.1 Å². The minimum atomic E-state index is -1.09. The summed E-state index contributed by atoms with van der Waals surface area (Å²) in [5, 5.41) is 5.28. The fourth-order valence-corrected chi connectivity index (χ4v) is 2.75. The first-order chi connectivity index (χ1) is 11.8. The Morgan fingerprint density at radius 3 is 2.60 bits per heavy atom. The molecule has 0 spiro atoms. The first-order valence-electron chi connectivity index (χ1n) is 7.71. The Labute approximate surface area is 149 Å². The van der Waals surface area contributed by atoms with E-state index < -0.39 is 24.0 Å². The smallest absolute Gasteiger partial charge is 0.331 e. The van der Waals surface area contributed by atoms with E-state index in [-0.39, 0.29) is 6.04 Å². The molecule has 0 aliphatic carbocycles. The molecule has 132 valence electrons. The number of aromatic nitrogens is 1. The number of ether oxygens (including phenoxy) is 1. The average molecular weight is 361 g/mol. The molecule has 1 heterocycles. The molecule has 0 saturated heterocycles. The minimum absolute atomic E-state index is 0.109. The van der Waals surface area contributed by atoms with Crippen LogP contribution in [0.5, 0.6) is 0 Å². The fraction of sp³-hybridized carbons (Fsp3) is 0.294. The second kappa shape index (κ2) is 8.39. The number of rotatable bonds is 5. The van der Waals surface area contributed by atoms with Crippen molar-refractivity contribution in [3.63, 3.8) is 0 Å². The van der Waals surface area contributed by atoms with Crippen LogP contribution in [0.1, 0.15) is 25.8 Å². The third kappa shape index (κ3) is 5.68. The molecule has 2 N–H and O–H groups in total. The number of esters is 1. The van der Waals surface area contributed by atoms with Gasteiger partial charge in [0.1, 0.15) is 5.01 Å². The Kier molecular flexibility index (Phi) is 6.24. The minimum Gasteiger partial charge on any atom is -0.449 e. The lowest BCUT2D eigenvalue weighted by molar-refractivity contribution is -0.149. The number of imide groups is 1. The van der Waals surface area contributed by atoms with Crippen LogP contribution in [0.3, 0.4) is 0 Å². The van der Waals surface area contributed by atoms with E-state index in [2.05, 4.69) is 15.6 Å². The number of amides is 3. The van der Waals surface area contributed by atoms with Gasteiger partial charge in [-0.25, -0.2) is 14.6 Å². The van der Waals surface area contributed by atoms with E-state index in [1.165, 1.54) is 30.4 Å². The zero-order chi connectivity index (χ0) is 18.4. The second-order valence-corrected chi connectivity index (χ2v) is 6.61. The Morgan fingerprint density at radius 1 is 1.20 bits per heavy atom. The SMILES string of the molecule is CC(C)NC(=O)NC(=O)[C@H](C)OC(=O)/C=C/c1nc2ccccc2s1. The zero-order valence-corrected chi connectivity index (χ0v) is 14.9. The molecule has 0 aliphatic rings. The van der Waals surface area contributed by atoms with E-state index in [1.807, 2.05) is 24.3 Å². The fourth-order valence-electron chi connectivity index (χ4n) is 1.88. The van der Waals surface area contributed by atoms with Gasteiger partial charge in [-0.05, 0) is 39.0 Å². The molecule has 0 radical (unpaired) electrons. The third-order valence-corrected chi connectivity index (χ3v) is 3.99. The lowest BCUT2D eigenvalue weighted by Gasteiger charge is -2.13. The molecule has 0 saturated carbocycles. The van der Waals surface area contributed by atoms with Crippen LogP contribution in [-0.2, 0) is 14.3 Å². The summed E-state index contributed by atoms with van der Waals surface area (Å²) in [5.74, 6) is -1.38. The highest BCUT2D eigenvalue weighted by Crippen LogP contribution is 2.22. The van der Waals surface area contributed by atoms with Crippen LogP contribution < -0.4 is 10.6 Å². The molecule has 3 amide bonds. The molecule has 8 heteroatoms. The van der Waals surface area contributed by atoms with E-state index in [9.17, 15) is 14.4 Å². The van der Waals surface area contributed by atoms with Crippen molar-refractivity contribution in [3.8, 4) is 0 Å². The van der Waals surface area contributed by atoms with Crippen molar-refractivity contribution in [2.45, 2.75) is 32.9 Å². The highest BCUT2D eigenvalue weighted by molar-refractivity contribution is 7.19. The average Bonchev–Trinajstić information content (AvgIpc) is 2.94. The number of hydrogen-bond acceptors (Lipinski definition) is 6. The number of benzene rings is 1. The lowest BCUT2D eigenvalue weighted by Crippen LogP contribution is -2.46. The van der Waals surface area contributed by atoms with Gasteiger partial charge in [0, 0.05) is 12.1 Å². The molecule has 1 aromatic carbocycles. The molecule has 1 aromatic heterocycles. The van der Waals surface area contributed by atoms with E-state index in [0.29, 0.717) is 5.01 Å². The van der Waals surface area contributed by atoms with Crippen molar-refractivity contribution in [1.82, 2.24) is 15.6 Å². The number of nitrogens with zero attached hydrogens (tertiary/aromatic N) is 1. The van der Waals surface area contributed by atoms with Crippen LogP contribution in [0.4, 0.5) is 4.79 Å². The summed E-state index contributed by atoms with van der Waals surface area (Å²) in [4.78, 5) is 39.4. The van der Waals surface area contributed by atoms with Crippen molar-refractivity contribution in [1.29, 1.82) is 0 Å². The number of hydrogen-bond donors (Lipinski definition) is 2. The molecule has 0 bridgehead atoms. The highest BCUT2D eigenvalue weighted by Gasteiger charge is 2.19. The van der Waals surface area contributed by atoms with Crippen LogP contribution in [0.2, 0.25) is 0 Å². The summed E-state index contributed by atoms with van der Waals surface area (Å²) in [7, 11) is 0. The summed E-state index contributed by atoms with van der Waals surface area (Å²) >= 11 is 1.44. The molecule has 7 nitrogen and oxygen atoms in total. The van der Waals surface area contributed by atoms with Gasteiger partial charge >= 0.3 is 12.0 Å². The number of nitrogens with one attached hydrogen (secondary N) is 2. The summed E-state index contributed by atoms with van der Waals surface area (Å²) in [6.45, 7) is 4.92. The van der Waals surface area contributed by atoms with Crippen molar-refractivity contribution in [2.24, 2.45) is 0 Å². The van der Waals surface area contributed by atoms with Gasteiger partial charge in [0.2, 0.25) is 0 Å². The van der Waals surface area contributed by atoms with Gasteiger partial charge in [-0.2, -0.15) is 0 Å². The van der Waals surface area contributed by atoms with Crippen LogP contribution in [0.15, 0.2) is 30.3 Å². The molecule has 2 aromatic rings. The van der Waals surface area contributed by atoms with Crippen molar-refractivity contribution >= 4 is 45.5 Å². The molecular formula is C17H19N3O4S. The normalized spacial score (nSPS) is 12.3. The third-order valence-electron chi connectivity index (χ3n) is 2.99. The number of carbonyl (C=O) groups is 3. The number of urea groups is 1. The highest BCUT2D eigenvalue weighted by atomic mass is 32.1. The Balaban J connectivity index is 1.88. The number of thiazole rings is 1. The van der Waals surface area contributed by atoms with Crippen LogP contribution in [-0.4, -0.2) is 35.0 Å². The zero-order valence-electron chi connectivity index (χ0n) is 14.1. The molecule has 25 heavy (non-hydrogen) atoms. The van der Waals surface area contributed by atoms with Crippen LogP contribution in [0, 0.1) is 0 Å². The predicted molar refractivity (Wildman–Crippen MR) is 96.0 cm³/mol. The van der Waals surface area contributed by atoms with E-state index in [4.69, 9.17) is 4.74 Å². The van der Waals surface area contributed by atoms with Crippen molar-refractivity contribution in [3.05, 3.63) is 35.3 Å². The molecule has 1 atom stereocenters. The second-order valence-electron chi connectivity index (χ2n) is 5.55. The predicted octanol–water partition coefficient (Wildman–Crippen LogP) is 2.48. The first-order valence-corrected chi connectivity index (χ1v) is 8.52.